The molecule has 0 aliphatic heterocycles. The summed E-state index contributed by atoms with van der Waals surface area (Å²) in [6.45, 7) is 1.99. The largest absolute Gasteiger partial charge is 0.332 e. The molecule has 5 nitrogen and oxygen atoms in total. The van der Waals surface area contributed by atoms with Crippen molar-refractivity contribution in [2.24, 2.45) is 5.92 Å². The van der Waals surface area contributed by atoms with Crippen molar-refractivity contribution < 1.29 is 20.7 Å². The van der Waals surface area contributed by atoms with Crippen molar-refractivity contribution >= 4 is 20.2 Å². The van der Waals surface area contributed by atoms with Gasteiger partial charge < -0.3 is 0 Å². The lowest BCUT2D eigenvalue weighted by Crippen LogP contribution is -2.36. The lowest BCUT2D eigenvalue weighted by Gasteiger charge is -2.17. The highest BCUT2D eigenvalue weighted by Gasteiger charge is 2.28. The Hall–Kier alpha value is -0.990. The van der Waals surface area contributed by atoms with Crippen LogP contribution >= 0.6 is 0 Å². The minimum absolute atomic E-state index is 0.0657. The first kappa shape index (κ1) is 15.4. The molecule has 0 amide bonds. The van der Waals surface area contributed by atoms with Crippen molar-refractivity contribution in [2.75, 3.05) is 0 Å². The van der Waals surface area contributed by atoms with Gasteiger partial charge >= 0.3 is 10.2 Å². The molecule has 112 valence electrons. The van der Waals surface area contributed by atoms with Gasteiger partial charge in [0, 0.05) is 6.04 Å². The minimum atomic E-state index is -4.81. The average molecular weight is 321 g/mol. The number of hydrogen-bond acceptors (Lipinski definition) is 4. The average Bonchev–Trinajstić information content (AvgIpc) is 2.73. The Bertz CT molecular complexity index is 683. The second-order valence-corrected chi connectivity index (χ2v) is 8.11. The van der Waals surface area contributed by atoms with E-state index in [-0.39, 0.29) is 16.9 Å². The van der Waals surface area contributed by atoms with Crippen molar-refractivity contribution in [3.8, 4) is 0 Å². The summed E-state index contributed by atoms with van der Waals surface area (Å²) < 4.78 is 61.0. The van der Waals surface area contributed by atoms with E-state index in [4.69, 9.17) is 0 Å². The Labute approximate surface area is 118 Å². The second-order valence-electron chi connectivity index (χ2n) is 5.05. The summed E-state index contributed by atoms with van der Waals surface area (Å²) in [6, 6.07) is 3.97. The van der Waals surface area contributed by atoms with Crippen LogP contribution in [0.5, 0.6) is 0 Å². The van der Waals surface area contributed by atoms with Crippen LogP contribution in [0.15, 0.2) is 34.1 Å². The van der Waals surface area contributed by atoms with E-state index in [1.165, 1.54) is 0 Å². The normalized spacial score (nSPS) is 23.9. The van der Waals surface area contributed by atoms with Gasteiger partial charge in [-0.15, -0.1) is 3.89 Å². The molecule has 20 heavy (non-hydrogen) atoms. The van der Waals surface area contributed by atoms with E-state index in [1.54, 1.807) is 0 Å². The molecule has 0 spiro atoms. The highest BCUT2D eigenvalue weighted by atomic mass is 32.3. The van der Waals surface area contributed by atoms with E-state index in [1.807, 2.05) is 6.92 Å². The first-order valence-corrected chi connectivity index (χ1v) is 9.14. The van der Waals surface area contributed by atoms with Gasteiger partial charge in [0.25, 0.3) is 0 Å². The fourth-order valence-electron chi connectivity index (χ4n) is 2.37. The van der Waals surface area contributed by atoms with Crippen LogP contribution in [0.1, 0.15) is 26.2 Å². The molecule has 2 atom stereocenters. The lowest BCUT2D eigenvalue weighted by molar-refractivity contribution is 0.476. The fourth-order valence-corrected chi connectivity index (χ4v) is 4.21. The van der Waals surface area contributed by atoms with E-state index >= 15 is 0 Å². The summed E-state index contributed by atoms with van der Waals surface area (Å²) in [5.41, 5.74) is 0. The molecule has 1 saturated carbocycles. The molecule has 1 N–H and O–H groups in total. The molecule has 1 aromatic carbocycles. The van der Waals surface area contributed by atoms with Crippen LogP contribution in [0, 0.1) is 5.92 Å². The van der Waals surface area contributed by atoms with Crippen molar-refractivity contribution in [3.05, 3.63) is 24.3 Å². The van der Waals surface area contributed by atoms with Gasteiger partial charge in [0.15, 0.2) is 0 Å². The van der Waals surface area contributed by atoms with Crippen LogP contribution in [-0.4, -0.2) is 22.9 Å². The van der Waals surface area contributed by atoms with Crippen LogP contribution in [0.4, 0.5) is 3.89 Å². The SMILES string of the molecule is CC1CCCC1NS(=O)(=O)c1ccc(S(=O)(=O)F)cc1. The summed E-state index contributed by atoms with van der Waals surface area (Å²) in [5, 5.41) is 0. The Balaban J connectivity index is 2.22. The molecule has 1 aliphatic carbocycles. The van der Waals surface area contributed by atoms with Crippen LogP contribution in [-0.2, 0) is 20.2 Å². The van der Waals surface area contributed by atoms with Gasteiger partial charge in [-0.25, -0.2) is 13.1 Å². The Morgan fingerprint density at radius 1 is 1.05 bits per heavy atom. The molecule has 1 aromatic rings. The maximum atomic E-state index is 12.7. The quantitative estimate of drug-likeness (QED) is 0.858. The van der Waals surface area contributed by atoms with Crippen LogP contribution in [0.25, 0.3) is 0 Å². The molecule has 0 bridgehead atoms. The van der Waals surface area contributed by atoms with Crippen LogP contribution < -0.4 is 4.72 Å². The predicted molar refractivity (Wildman–Crippen MR) is 71.9 cm³/mol. The predicted octanol–water partition coefficient (Wildman–Crippen LogP) is 1.81. The van der Waals surface area contributed by atoms with E-state index < -0.39 is 25.1 Å². The Morgan fingerprint density at radius 3 is 2.05 bits per heavy atom. The molecule has 0 heterocycles. The molecule has 2 rings (SSSR count). The first-order chi connectivity index (χ1) is 9.20. The van der Waals surface area contributed by atoms with Crippen molar-refractivity contribution in [2.45, 2.75) is 42.0 Å². The maximum Gasteiger partial charge on any atom is 0.332 e. The zero-order valence-electron chi connectivity index (χ0n) is 10.9. The van der Waals surface area contributed by atoms with E-state index in [9.17, 15) is 20.7 Å². The second kappa shape index (κ2) is 5.42. The van der Waals surface area contributed by atoms with Gasteiger partial charge in [-0.1, -0.05) is 13.3 Å². The summed E-state index contributed by atoms with van der Waals surface area (Å²) in [5.74, 6) is 0.273. The van der Waals surface area contributed by atoms with Crippen LogP contribution in [0.3, 0.4) is 0 Å². The van der Waals surface area contributed by atoms with E-state index in [2.05, 4.69) is 4.72 Å². The van der Waals surface area contributed by atoms with Crippen molar-refractivity contribution in [1.82, 2.24) is 4.72 Å². The van der Waals surface area contributed by atoms with Gasteiger partial charge in [-0.3, -0.25) is 0 Å². The summed E-state index contributed by atoms with van der Waals surface area (Å²) in [4.78, 5) is -0.616. The molecule has 0 saturated heterocycles. The van der Waals surface area contributed by atoms with E-state index in [0.29, 0.717) is 0 Å². The zero-order chi connectivity index (χ0) is 15.0. The zero-order valence-corrected chi connectivity index (χ0v) is 12.5. The van der Waals surface area contributed by atoms with E-state index in [0.717, 1.165) is 43.5 Å². The minimum Gasteiger partial charge on any atom is -0.208 e. The van der Waals surface area contributed by atoms with Crippen molar-refractivity contribution in [1.29, 1.82) is 0 Å². The van der Waals surface area contributed by atoms with Gasteiger partial charge in [-0.05, 0) is 43.0 Å². The maximum absolute atomic E-state index is 12.7. The van der Waals surface area contributed by atoms with Crippen LogP contribution in [0.2, 0.25) is 0 Å². The van der Waals surface area contributed by atoms with Crippen molar-refractivity contribution in [3.63, 3.8) is 0 Å². The number of hydrogen-bond donors (Lipinski definition) is 1. The number of halogens is 1. The third kappa shape index (κ3) is 3.36. The first-order valence-electron chi connectivity index (χ1n) is 6.27. The topological polar surface area (TPSA) is 80.3 Å². The standard InChI is InChI=1S/C12H16FNO4S2/c1-9-3-2-4-12(9)14-20(17,18)11-7-5-10(6-8-11)19(13,15)16/h5-9,12,14H,2-4H2,1H3. The summed E-state index contributed by atoms with van der Waals surface area (Å²) >= 11 is 0. The molecule has 0 aromatic heterocycles. The van der Waals surface area contributed by atoms with Gasteiger partial charge in [-0.2, -0.15) is 8.42 Å². The Morgan fingerprint density at radius 2 is 1.60 bits per heavy atom. The highest BCUT2D eigenvalue weighted by Crippen LogP contribution is 2.26. The number of sulfonamides is 1. The smallest absolute Gasteiger partial charge is 0.208 e. The Kier molecular flexibility index (Phi) is 4.17. The molecule has 2 unspecified atom stereocenters. The fraction of sp³-hybridized carbons (Fsp3) is 0.500. The molecule has 0 radical (unpaired) electrons. The van der Waals surface area contributed by atoms with Gasteiger partial charge in [0.2, 0.25) is 10.0 Å². The molecule has 1 fully saturated rings. The number of rotatable bonds is 4. The molecule has 1 aliphatic rings. The molecular weight excluding hydrogens is 305 g/mol. The number of benzene rings is 1. The molecule has 8 heteroatoms. The summed E-state index contributed by atoms with van der Waals surface area (Å²) in [7, 11) is -8.52. The monoisotopic (exact) mass is 321 g/mol. The summed E-state index contributed by atoms with van der Waals surface area (Å²) in [6.07, 6.45) is 2.75. The number of nitrogens with one attached hydrogen (secondary N) is 1. The molecular formula is C12H16FNO4S2. The van der Waals surface area contributed by atoms with Gasteiger partial charge in [0.1, 0.15) is 0 Å². The highest BCUT2D eigenvalue weighted by molar-refractivity contribution is 7.89. The van der Waals surface area contributed by atoms with Gasteiger partial charge in [0.05, 0.1) is 9.79 Å². The third-order valence-corrected chi connectivity index (χ3v) is 5.92. The third-order valence-electron chi connectivity index (χ3n) is 3.58. The lowest BCUT2D eigenvalue weighted by atomic mass is 10.1.